The first-order chi connectivity index (χ1) is 15.4. The van der Waals surface area contributed by atoms with Crippen molar-refractivity contribution in [3.8, 4) is 5.69 Å². The van der Waals surface area contributed by atoms with Gasteiger partial charge in [-0.1, -0.05) is 29.8 Å². The maximum absolute atomic E-state index is 12.4. The molecule has 0 spiro atoms. The van der Waals surface area contributed by atoms with Crippen molar-refractivity contribution in [2.24, 2.45) is 0 Å². The number of nitrogens with one attached hydrogen (secondary N) is 1. The van der Waals surface area contributed by atoms with E-state index in [-0.39, 0.29) is 24.6 Å². The highest BCUT2D eigenvalue weighted by atomic mass is 35.5. The Morgan fingerprint density at radius 1 is 1.22 bits per heavy atom. The number of aryl methyl sites for hydroxylation is 1. The van der Waals surface area contributed by atoms with Crippen LogP contribution in [-0.2, 0) is 9.53 Å². The van der Waals surface area contributed by atoms with E-state index in [0.717, 1.165) is 28.3 Å². The number of esters is 1. The van der Waals surface area contributed by atoms with Crippen molar-refractivity contribution >= 4 is 34.9 Å². The molecule has 2 atom stereocenters. The van der Waals surface area contributed by atoms with Crippen LogP contribution in [0.15, 0.2) is 54.7 Å². The van der Waals surface area contributed by atoms with Gasteiger partial charge in [0.15, 0.2) is 5.11 Å². The number of rotatable bonds is 6. The highest BCUT2D eigenvalue weighted by Gasteiger charge is 2.42. The molecule has 4 rings (SSSR count). The van der Waals surface area contributed by atoms with Gasteiger partial charge in [0.25, 0.3) is 0 Å². The topological polar surface area (TPSA) is 59.4 Å². The smallest absolute Gasteiger partial charge is 0.325 e. The molecule has 3 heterocycles. The van der Waals surface area contributed by atoms with Crippen molar-refractivity contribution in [2.75, 3.05) is 13.2 Å². The number of hydrogen-bond donors (Lipinski definition) is 1. The van der Waals surface area contributed by atoms with E-state index in [0.29, 0.717) is 16.7 Å². The Kier molecular flexibility index (Phi) is 6.48. The van der Waals surface area contributed by atoms with Crippen molar-refractivity contribution in [1.29, 1.82) is 0 Å². The Morgan fingerprint density at radius 3 is 2.66 bits per heavy atom. The number of carbonyl (C=O) groups excluding carboxylic acids is 1. The van der Waals surface area contributed by atoms with Gasteiger partial charge in [-0.2, -0.15) is 0 Å². The van der Waals surface area contributed by atoms with Crippen LogP contribution in [-0.4, -0.2) is 38.7 Å². The second-order valence-corrected chi connectivity index (χ2v) is 8.47. The molecule has 0 bridgehead atoms. The average molecular weight is 469 g/mol. The van der Waals surface area contributed by atoms with Gasteiger partial charge < -0.3 is 19.5 Å². The maximum atomic E-state index is 12.4. The minimum absolute atomic E-state index is 0.0590. The van der Waals surface area contributed by atoms with Crippen LogP contribution in [0.2, 0.25) is 5.02 Å². The second kappa shape index (κ2) is 9.30. The summed E-state index contributed by atoms with van der Waals surface area (Å²) in [4.78, 5) is 18.9. The highest BCUT2D eigenvalue weighted by molar-refractivity contribution is 7.80. The van der Waals surface area contributed by atoms with Gasteiger partial charge in [0.2, 0.25) is 0 Å². The molecule has 0 saturated carbocycles. The Hall–Kier alpha value is -2.90. The van der Waals surface area contributed by atoms with Gasteiger partial charge in [0.05, 0.1) is 35.1 Å². The summed E-state index contributed by atoms with van der Waals surface area (Å²) in [5.74, 6) is -0.316. The number of halogens is 1. The van der Waals surface area contributed by atoms with Crippen LogP contribution < -0.4 is 5.32 Å². The summed E-state index contributed by atoms with van der Waals surface area (Å²) in [6.45, 7) is 6.28. The third-order valence-electron chi connectivity index (χ3n) is 5.68. The SMILES string of the molecule is CCOC(=O)CN1C(=S)N[C@H](c2ccccn2)[C@@H]1c1cc(C)n(-c2ccccc2Cl)c1C. The van der Waals surface area contributed by atoms with Gasteiger partial charge in [-0.05, 0) is 68.9 Å². The Labute approximate surface area is 198 Å². The fraction of sp³-hybridized carbons (Fsp3) is 0.292. The Morgan fingerprint density at radius 2 is 1.97 bits per heavy atom. The van der Waals surface area contributed by atoms with Crippen LogP contribution in [0.25, 0.3) is 5.69 Å². The summed E-state index contributed by atoms with van der Waals surface area (Å²) in [6, 6.07) is 15.2. The predicted molar refractivity (Wildman–Crippen MR) is 129 cm³/mol. The normalized spacial score (nSPS) is 18.0. The van der Waals surface area contributed by atoms with E-state index in [1.807, 2.05) is 54.3 Å². The lowest BCUT2D eigenvalue weighted by atomic mass is 9.97. The zero-order valence-corrected chi connectivity index (χ0v) is 19.8. The number of carbonyl (C=O) groups is 1. The van der Waals surface area contributed by atoms with Crippen LogP contribution in [0.4, 0.5) is 0 Å². The van der Waals surface area contributed by atoms with E-state index in [1.54, 1.807) is 13.1 Å². The number of para-hydroxylation sites is 1. The molecule has 2 aromatic heterocycles. The van der Waals surface area contributed by atoms with Crippen LogP contribution in [0, 0.1) is 13.8 Å². The second-order valence-electron chi connectivity index (χ2n) is 7.67. The Balaban J connectivity index is 1.83. The molecular formula is C24H25ClN4O2S. The molecular weight excluding hydrogens is 444 g/mol. The molecule has 1 N–H and O–H groups in total. The fourth-order valence-electron chi connectivity index (χ4n) is 4.35. The monoisotopic (exact) mass is 468 g/mol. The summed E-state index contributed by atoms with van der Waals surface area (Å²) in [7, 11) is 0. The van der Waals surface area contributed by atoms with Crippen LogP contribution in [0.1, 0.15) is 41.7 Å². The van der Waals surface area contributed by atoms with Crippen molar-refractivity contribution < 1.29 is 9.53 Å². The standard InChI is InChI=1S/C24H25ClN4O2S/c1-4-31-21(30)14-28-23(22(27-24(28)32)19-10-7-8-12-26-19)17-13-15(2)29(16(17)3)20-11-6-5-9-18(20)25/h5-13,22-23H,4,14H2,1-3H3,(H,27,32)/t22-,23+/m1/s1. The molecule has 1 aliphatic heterocycles. The number of nitrogens with zero attached hydrogens (tertiary/aromatic N) is 3. The molecule has 0 aliphatic carbocycles. The first-order valence-electron chi connectivity index (χ1n) is 10.5. The summed E-state index contributed by atoms with van der Waals surface area (Å²) in [5.41, 5.74) is 4.89. The lowest BCUT2D eigenvalue weighted by molar-refractivity contribution is -0.143. The third kappa shape index (κ3) is 4.10. The predicted octanol–water partition coefficient (Wildman–Crippen LogP) is 4.68. The molecule has 166 valence electrons. The number of thiocarbonyl (C=S) groups is 1. The minimum Gasteiger partial charge on any atom is -0.465 e. The maximum Gasteiger partial charge on any atom is 0.325 e. The fourth-order valence-corrected chi connectivity index (χ4v) is 4.88. The molecule has 1 fully saturated rings. The molecule has 8 heteroatoms. The number of aromatic nitrogens is 2. The first kappa shape index (κ1) is 22.3. The van der Waals surface area contributed by atoms with E-state index in [4.69, 9.17) is 28.6 Å². The Bertz CT molecular complexity index is 1150. The summed E-state index contributed by atoms with van der Waals surface area (Å²) in [5, 5.41) is 4.55. The number of pyridine rings is 1. The summed E-state index contributed by atoms with van der Waals surface area (Å²) < 4.78 is 7.35. The molecule has 6 nitrogen and oxygen atoms in total. The summed E-state index contributed by atoms with van der Waals surface area (Å²) >= 11 is 12.2. The molecule has 32 heavy (non-hydrogen) atoms. The zero-order valence-electron chi connectivity index (χ0n) is 18.2. The van der Waals surface area contributed by atoms with Crippen LogP contribution >= 0.6 is 23.8 Å². The van der Waals surface area contributed by atoms with E-state index < -0.39 is 0 Å². The van der Waals surface area contributed by atoms with Gasteiger partial charge in [0.1, 0.15) is 6.54 Å². The van der Waals surface area contributed by atoms with E-state index in [2.05, 4.69) is 27.9 Å². The van der Waals surface area contributed by atoms with Crippen molar-refractivity contribution in [1.82, 2.24) is 19.8 Å². The first-order valence-corrected chi connectivity index (χ1v) is 11.3. The molecule has 1 aliphatic rings. The highest BCUT2D eigenvalue weighted by Crippen LogP contribution is 2.41. The van der Waals surface area contributed by atoms with E-state index >= 15 is 0 Å². The van der Waals surface area contributed by atoms with Gasteiger partial charge in [-0.3, -0.25) is 9.78 Å². The molecule has 0 amide bonds. The van der Waals surface area contributed by atoms with Gasteiger partial charge in [-0.25, -0.2) is 0 Å². The molecule has 3 aromatic rings. The van der Waals surface area contributed by atoms with Crippen LogP contribution in [0.3, 0.4) is 0 Å². The zero-order chi connectivity index (χ0) is 22.8. The van der Waals surface area contributed by atoms with Crippen LogP contribution in [0.5, 0.6) is 0 Å². The quantitative estimate of drug-likeness (QED) is 0.418. The van der Waals surface area contributed by atoms with E-state index in [9.17, 15) is 4.79 Å². The van der Waals surface area contributed by atoms with Gasteiger partial charge >= 0.3 is 5.97 Å². The molecule has 0 unspecified atom stereocenters. The molecule has 0 radical (unpaired) electrons. The number of hydrogen-bond acceptors (Lipinski definition) is 4. The van der Waals surface area contributed by atoms with Gasteiger partial charge in [0, 0.05) is 17.6 Å². The largest absolute Gasteiger partial charge is 0.465 e. The summed E-state index contributed by atoms with van der Waals surface area (Å²) in [6.07, 6.45) is 1.76. The van der Waals surface area contributed by atoms with Gasteiger partial charge in [-0.15, -0.1) is 0 Å². The third-order valence-corrected chi connectivity index (χ3v) is 6.36. The van der Waals surface area contributed by atoms with Crippen molar-refractivity contribution in [3.63, 3.8) is 0 Å². The van der Waals surface area contributed by atoms with Crippen molar-refractivity contribution in [2.45, 2.75) is 32.9 Å². The van der Waals surface area contributed by atoms with Crippen molar-refractivity contribution in [3.05, 3.63) is 82.4 Å². The van der Waals surface area contributed by atoms with E-state index in [1.165, 1.54) is 0 Å². The number of ether oxygens (including phenoxy) is 1. The minimum atomic E-state index is -0.316. The number of benzene rings is 1. The lowest BCUT2D eigenvalue weighted by Gasteiger charge is -2.27. The molecule has 1 saturated heterocycles. The molecule has 1 aromatic carbocycles. The lowest BCUT2D eigenvalue weighted by Crippen LogP contribution is -2.35. The average Bonchev–Trinajstić information content (AvgIpc) is 3.25.